The van der Waals surface area contributed by atoms with Crippen molar-refractivity contribution < 1.29 is 14.6 Å². The number of carbonyl (C=O) groups is 1. The van der Waals surface area contributed by atoms with Gasteiger partial charge in [0.15, 0.2) is 10.6 Å². The molecular weight excluding hydrogens is 312 g/mol. The van der Waals surface area contributed by atoms with E-state index >= 15 is 0 Å². The summed E-state index contributed by atoms with van der Waals surface area (Å²) in [5, 5.41) is 9.35. The van der Waals surface area contributed by atoms with Gasteiger partial charge in [-0.2, -0.15) is 0 Å². The lowest BCUT2D eigenvalue weighted by atomic mass is 10.4. The van der Waals surface area contributed by atoms with E-state index in [1.807, 2.05) is 0 Å². The average Bonchev–Trinajstić information content (AvgIpc) is 2.32. The number of rotatable bonds is 1. The number of halogens is 2. The number of hydrogen-bond donors (Lipinski definition) is 1. The Hall–Kier alpha value is -0.0700. The fourth-order valence-corrected chi connectivity index (χ4v) is 2.58. The average molecular weight is 316 g/mol. The van der Waals surface area contributed by atoms with Crippen LogP contribution in [0.15, 0.2) is 8.26 Å². The highest BCUT2D eigenvalue weighted by Gasteiger charge is 2.20. The first kappa shape index (κ1) is 10.0. The molecule has 0 spiro atoms. The second kappa shape index (κ2) is 3.76. The number of hydrogen-bond acceptors (Lipinski definition) is 4. The summed E-state index contributed by atoms with van der Waals surface area (Å²) < 4.78 is 5.60. The lowest BCUT2D eigenvalue weighted by Crippen LogP contribution is -1.97. The molecule has 0 bridgehead atoms. The van der Waals surface area contributed by atoms with E-state index in [1.165, 1.54) is 7.11 Å². The van der Waals surface area contributed by atoms with Crippen molar-refractivity contribution in [3.63, 3.8) is 0 Å². The molecule has 0 saturated carbocycles. The number of esters is 1. The topological polar surface area (TPSA) is 46.5 Å². The molecule has 6 heteroatoms. The molecule has 0 saturated heterocycles. The third kappa shape index (κ3) is 1.65. The number of aromatic hydroxyl groups is 1. The highest BCUT2D eigenvalue weighted by atomic mass is 79.9. The van der Waals surface area contributed by atoms with E-state index in [1.54, 1.807) is 0 Å². The van der Waals surface area contributed by atoms with Crippen molar-refractivity contribution in [2.24, 2.45) is 0 Å². The van der Waals surface area contributed by atoms with Gasteiger partial charge < -0.3 is 9.84 Å². The van der Waals surface area contributed by atoms with Gasteiger partial charge in [-0.05, 0) is 31.9 Å². The molecular formula is C6H4Br2O3S. The molecule has 0 amide bonds. The summed E-state index contributed by atoms with van der Waals surface area (Å²) in [5.74, 6) is -0.623. The van der Waals surface area contributed by atoms with Crippen LogP contribution in [0.25, 0.3) is 0 Å². The zero-order chi connectivity index (χ0) is 9.30. The van der Waals surface area contributed by atoms with Crippen molar-refractivity contribution in [3.8, 4) is 5.75 Å². The minimum Gasteiger partial charge on any atom is -0.505 e. The molecule has 0 aliphatic rings. The van der Waals surface area contributed by atoms with Crippen molar-refractivity contribution in [1.82, 2.24) is 0 Å². The molecule has 0 atom stereocenters. The molecule has 0 fully saturated rings. The van der Waals surface area contributed by atoms with Crippen molar-refractivity contribution >= 4 is 49.2 Å². The molecule has 0 unspecified atom stereocenters. The summed E-state index contributed by atoms with van der Waals surface area (Å²) in [6, 6.07) is 0. The summed E-state index contributed by atoms with van der Waals surface area (Å²) in [6.45, 7) is 0. The third-order valence-electron chi connectivity index (χ3n) is 1.16. The number of ether oxygens (including phenoxy) is 1. The summed E-state index contributed by atoms with van der Waals surface area (Å²) >= 11 is 7.39. The Morgan fingerprint density at radius 3 is 2.50 bits per heavy atom. The molecule has 0 aromatic carbocycles. The van der Waals surface area contributed by atoms with E-state index in [9.17, 15) is 9.90 Å². The van der Waals surface area contributed by atoms with Crippen molar-refractivity contribution in [2.45, 2.75) is 0 Å². The van der Waals surface area contributed by atoms with E-state index in [0.29, 0.717) is 8.26 Å². The Morgan fingerprint density at radius 1 is 1.58 bits per heavy atom. The van der Waals surface area contributed by atoms with Crippen LogP contribution in [-0.2, 0) is 4.74 Å². The van der Waals surface area contributed by atoms with Gasteiger partial charge in [-0.3, -0.25) is 0 Å². The Kier molecular flexibility index (Phi) is 3.14. The lowest BCUT2D eigenvalue weighted by molar-refractivity contribution is 0.0603. The van der Waals surface area contributed by atoms with Crippen molar-refractivity contribution in [3.05, 3.63) is 13.1 Å². The van der Waals surface area contributed by atoms with Crippen LogP contribution in [-0.4, -0.2) is 18.2 Å². The summed E-state index contributed by atoms with van der Waals surface area (Å²) in [7, 11) is 1.27. The van der Waals surface area contributed by atoms with Crippen LogP contribution in [0.2, 0.25) is 0 Å². The Bertz CT molecular complexity index is 321. The van der Waals surface area contributed by atoms with Gasteiger partial charge in [-0.1, -0.05) is 0 Å². The predicted molar refractivity (Wildman–Crippen MR) is 52.7 cm³/mol. The third-order valence-corrected chi connectivity index (χ3v) is 4.55. The number of thiophene rings is 1. The first-order valence-electron chi connectivity index (χ1n) is 2.83. The molecule has 0 aliphatic heterocycles. The van der Waals surface area contributed by atoms with Gasteiger partial charge in [0.25, 0.3) is 0 Å². The highest BCUT2D eigenvalue weighted by Crippen LogP contribution is 2.42. The first-order valence-corrected chi connectivity index (χ1v) is 5.23. The van der Waals surface area contributed by atoms with E-state index in [-0.39, 0.29) is 10.6 Å². The van der Waals surface area contributed by atoms with Gasteiger partial charge in [0.2, 0.25) is 0 Å². The molecule has 0 aliphatic carbocycles. The largest absolute Gasteiger partial charge is 0.505 e. The molecule has 0 radical (unpaired) electrons. The van der Waals surface area contributed by atoms with E-state index in [0.717, 1.165) is 11.3 Å². The van der Waals surface area contributed by atoms with Crippen molar-refractivity contribution in [1.29, 1.82) is 0 Å². The molecule has 1 aromatic heterocycles. The standard InChI is InChI=1S/C6H4Br2O3S/c1-11-6(10)4-3(9)2(7)5(8)12-4/h9H,1H3. The smallest absolute Gasteiger partial charge is 0.351 e. The SMILES string of the molecule is COC(=O)c1sc(Br)c(Br)c1O. The normalized spacial score (nSPS) is 9.92. The maximum absolute atomic E-state index is 11.0. The summed E-state index contributed by atoms with van der Waals surface area (Å²) in [5.41, 5.74) is 0. The van der Waals surface area contributed by atoms with Gasteiger partial charge in [-0.25, -0.2) is 4.79 Å². The maximum atomic E-state index is 11.0. The molecule has 1 rings (SSSR count). The van der Waals surface area contributed by atoms with Crippen molar-refractivity contribution in [2.75, 3.05) is 7.11 Å². The molecule has 12 heavy (non-hydrogen) atoms. The van der Waals surface area contributed by atoms with Gasteiger partial charge in [0.05, 0.1) is 15.4 Å². The van der Waals surface area contributed by atoms with Gasteiger partial charge in [-0.15, -0.1) is 11.3 Å². The van der Waals surface area contributed by atoms with Crippen LogP contribution in [0.5, 0.6) is 5.75 Å². The lowest BCUT2D eigenvalue weighted by Gasteiger charge is -1.94. The molecule has 66 valence electrons. The van der Waals surface area contributed by atoms with Crippen LogP contribution in [0.3, 0.4) is 0 Å². The quantitative estimate of drug-likeness (QED) is 0.811. The zero-order valence-corrected chi connectivity index (χ0v) is 9.92. The summed E-state index contributed by atoms with van der Waals surface area (Å²) in [6.07, 6.45) is 0. The molecule has 3 nitrogen and oxygen atoms in total. The van der Waals surface area contributed by atoms with Gasteiger partial charge >= 0.3 is 5.97 Å². The van der Waals surface area contributed by atoms with Crippen LogP contribution >= 0.6 is 43.2 Å². The maximum Gasteiger partial charge on any atom is 0.351 e. The predicted octanol–water partition coefficient (Wildman–Crippen LogP) is 2.77. The molecule has 1 aromatic rings. The van der Waals surface area contributed by atoms with Crippen LogP contribution in [0.4, 0.5) is 0 Å². The Labute approximate surface area is 89.6 Å². The first-order chi connectivity index (χ1) is 5.57. The van der Waals surface area contributed by atoms with Crippen LogP contribution in [0.1, 0.15) is 9.67 Å². The molecule has 1 N–H and O–H groups in total. The van der Waals surface area contributed by atoms with E-state index in [2.05, 4.69) is 36.6 Å². The minimum absolute atomic E-state index is 0.0845. The number of carbonyl (C=O) groups excluding carboxylic acids is 1. The second-order valence-corrected chi connectivity index (χ2v) is 4.99. The second-order valence-electron chi connectivity index (χ2n) is 1.86. The van der Waals surface area contributed by atoms with E-state index in [4.69, 9.17) is 0 Å². The molecule has 1 heterocycles. The van der Waals surface area contributed by atoms with Crippen LogP contribution in [0, 0.1) is 0 Å². The highest BCUT2D eigenvalue weighted by molar-refractivity contribution is 9.13. The van der Waals surface area contributed by atoms with Crippen LogP contribution < -0.4 is 0 Å². The van der Waals surface area contributed by atoms with E-state index < -0.39 is 5.97 Å². The Morgan fingerprint density at radius 2 is 2.17 bits per heavy atom. The zero-order valence-electron chi connectivity index (χ0n) is 5.93. The van der Waals surface area contributed by atoms with Gasteiger partial charge in [0.1, 0.15) is 0 Å². The number of methoxy groups -OCH3 is 1. The summed E-state index contributed by atoms with van der Waals surface area (Å²) in [4.78, 5) is 11.2. The minimum atomic E-state index is -0.538. The fourth-order valence-electron chi connectivity index (χ4n) is 0.607. The Balaban J connectivity index is 3.17. The van der Waals surface area contributed by atoms with Gasteiger partial charge in [0, 0.05) is 0 Å². The fraction of sp³-hybridized carbons (Fsp3) is 0.167. The monoisotopic (exact) mass is 314 g/mol.